The summed E-state index contributed by atoms with van der Waals surface area (Å²) in [6.07, 6.45) is 4.58. The monoisotopic (exact) mass is 211 g/mol. The van der Waals surface area contributed by atoms with Gasteiger partial charge in [-0.05, 0) is 21.9 Å². The molecule has 0 bridgehead atoms. The van der Waals surface area contributed by atoms with E-state index in [1.165, 1.54) is 0 Å². The third-order valence-corrected chi connectivity index (χ3v) is 0.861. The maximum Gasteiger partial charge on any atom is 0.318 e. The molecule has 0 saturated heterocycles. The molecule has 0 aromatic rings. The Morgan fingerprint density at radius 3 is 2.60 bits per heavy atom. The van der Waals surface area contributed by atoms with E-state index in [1.807, 2.05) is 15.9 Å². The predicted molar refractivity (Wildman–Crippen MR) is 35.7 cm³/mol. The van der Waals surface area contributed by atoms with Crippen molar-refractivity contribution in [1.82, 2.24) is 5.32 Å². The van der Waals surface area contributed by atoms with Crippen molar-refractivity contribution in [3.8, 4) is 12.3 Å². The molecule has 0 fully saturated rings. The lowest BCUT2D eigenvalue weighted by atomic mass is 10.6. The number of nitrogens with one attached hydrogen (secondary N) is 1. The van der Waals surface area contributed by atoms with Crippen molar-refractivity contribution in [3.63, 3.8) is 0 Å². The number of amides is 1. The fourth-order valence-electron chi connectivity index (χ4n) is 0.232. The molecule has 0 aliphatic rings. The number of carbonyl (C=O) groups excluding carboxylic acids is 1. The van der Waals surface area contributed by atoms with Crippen LogP contribution in [-0.2, 0) is 4.79 Å². The van der Waals surface area contributed by atoms with Gasteiger partial charge in [-0.3, -0.25) is 4.79 Å². The van der Waals surface area contributed by atoms with Gasteiger partial charge in [0.25, 0.3) is 5.91 Å². The lowest BCUT2D eigenvalue weighted by molar-refractivity contribution is -0.116. The number of halogens is 3. The molecule has 0 rings (SSSR count). The average molecular weight is 212 g/mol. The smallest absolute Gasteiger partial charge is 0.318 e. The summed E-state index contributed by atoms with van der Waals surface area (Å²) in [6, 6.07) is 0. The van der Waals surface area contributed by atoms with Gasteiger partial charge in [0.15, 0.2) is 0 Å². The van der Waals surface area contributed by atoms with Crippen molar-refractivity contribution in [2.75, 3.05) is 6.54 Å². The summed E-state index contributed by atoms with van der Waals surface area (Å²) >= 11 is 2.02. The second-order valence-electron chi connectivity index (χ2n) is 1.44. The lowest BCUT2D eigenvalue weighted by Gasteiger charge is -2.06. The molecular formula is C5H4BrF2NO. The van der Waals surface area contributed by atoms with Crippen molar-refractivity contribution < 1.29 is 13.6 Å². The summed E-state index contributed by atoms with van der Waals surface area (Å²) in [5.74, 6) is 0.785. The molecule has 0 aliphatic carbocycles. The van der Waals surface area contributed by atoms with Crippen LogP contribution in [0.15, 0.2) is 0 Å². The molecule has 56 valence electrons. The number of terminal acetylenes is 1. The minimum Gasteiger partial charge on any atom is -0.338 e. The highest BCUT2D eigenvalue weighted by molar-refractivity contribution is 9.10. The van der Waals surface area contributed by atoms with E-state index in [1.54, 1.807) is 11.2 Å². The standard InChI is InChI=1S/C5H4BrF2NO/c1-2-4(10)9-3-5(6,7)8/h1H,3H2,(H,9,10). The Morgan fingerprint density at radius 2 is 2.30 bits per heavy atom. The highest BCUT2D eigenvalue weighted by atomic mass is 79.9. The molecule has 5 heteroatoms. The highest BCUT2D eigenvalue weighted by Gasteiger charge is 2.23. The maximum atomic E-state index is 11.9. The molecule has 0 aliphatic heterocycles. The van der Waals surface area contributed by atoms with Gasteiger partial charge in [0.1, 0.15) is 0 Å². The Hall–Kier alpha value is -0.630. The molecule has 0 saturated carbocycles. The first-order chi connectivity index (χ1) is 4.45. The van der Waals surface area contributed by atoms with Crippen LogP contribution >= 0.6 is 15.9 Å². The minimum absolute atomic E-state index is 0.796. The summed E-state index contributed by atoms with van der Waals surface area (Å²) in [5.41, 5.74) is 0. The first-order valence-electron chi connectivity index (χ1n) is 2.27. The van der Waals surface area contributed by atoms with Crippen molar-refractivity contribution in [2.45, 2.75) is 4.83 Å². The van der Waals surface area contributed by atoms with Crippen LogP contribution in [0, 0.1) is 12.3 Å². The van der Waals surface area contributed by atoms with Crippen molar-refractivity contribution in [2.24, 2.45) is 0 Å². The first-order valence-corrected chi connectivity index (χ1v) is 3.06. The third kappa shape index (κ3) is 5.51. The van der Waals surface area contributed by atoms with Crippen molar-refractivity contribution in [3.05, 3.63) is 0 Å². The van der Waals surface area contributed by atoms with Gasteiger partial charge in [0.05, 0.1) is 6.54 Å². The van der Waals surface area contributed by atoms with E-state index >= 15 is 0 Å². The van der Waals surface area contributed by atoms with E-state index in [-0.39, 0.29) is 0 Å². The zero-order valence-electron chi connectivity index (χ0n) is 4.83. The summed E-state index contributed by atoms with van der Waals surface area (Å²) in [6.45, 7) is -0.796. The van der Waals surface area contributed by atoms with Gasteiger partial charge in [0.2, 0.25) is 0 Å². The van der Waals surface area contributed by atoms with Crippen LogP contribution in [0.2, 0.25) is 0 Å². The van der Waals surface area contributed by atoms with Crippen LogP contribution in [0.4, 0.5) is 8.78 Å². The molecule has 10 heavy (non-hydrogen) atoms. The Kier molecular flexibility index (Phi) is 3.30. The molecule has 0 aromatic carbocycles. The Morgan fingerprint density at radius 1 is 1.80 bits per heavy atom. The third-order valence-electron chi connectivity index (χ3n) is 0.580. The normalized spacial score (nSPS) is 10.2. The molecule has 0 radical (unpaired) electrons. The lowest BCUT2D eigenvalue weighted by Crippen LogP contribution is -2.31. The van der Waals surface area contributed by atoms with E-state index in [0.717, 1.165) is 0 Å². The largest absolute Gasteiger partial charge is 0.338 e. The first kappa shape index (κ1) is 9.37. The van der Waals surface area contributed by atoms with Gasteiger partial charge >= 0.3 is 4.83 Å². The quantitative estimate of drug-likeness (QED) is 0.530. The van der Waals surface area contributed by atoms with Crippen LogP contribution in [0.5, 0.6) is 0 Å². The van der Waals surface area contributed by atoms with Crippen molar-refractivity contribution >= 4 is 21.8 Å². The zero-order valence-corrected chi connectivity index (χ0v) is 6.41. The number of carbonyl (C=O) groups is 1. The fraction of sp³-hybridized carbons (Fsp3) is 0.400. The highest BCUT2D eigenvalue weighted by Crippen LogP contribution is 2.19. The second-order valence-corrected chi connectivity index (χ2v) is 2.60. The Balaban J connectivity index is 3.58. The Labute approximate surface area is 65.1 Å². The molecular weight excluding hydrogens is 208 g/mol. The summed E-state index contributed by atoms with van der Waals surface area (Å²) in [4.78, 5) is 7.07. The van der Waals surface area contributed by atoms with E-state index in [4.69, 9.17) is 0 Å². The number of hydrogen-bond donors (Lipinski definition) is 1. The van der Waals surface area contributed by atoms with Crippen LogP contribution in [0.25, 0.3) is 0 Å². The number of hydrogen-bond acceptors (Lipinski definition) is 1. The Bertz CT molecular complexity index is 169. The second kappa shape index (κ2) is 3.52. The van der Waals surface area contributed by atoms with Gasteiger partial charge in [0, 0.05) is 0 Å². The molecule has 0 atom stereocenters. The maximum absolute atomic E-state index is 11.9. The summed E-state index contributed by atoms with van der Waals surface area (Å²) < 4.78 is 23.7. The molecule has 1 N–H and O–H groups in total. The minimum atomic E-state index is -3.08. The molecule has 0 spiro atoms. The number of alkyl halides is 3. The van der Waals surface area contributed by atoms with E-state index in [2.05, 4.69) is 6.42 Å². The van der Waals surface area contributed by atoms with Gasteiger partial charge in [-0.15, -0.1) is 6.42 Å². The SMILES string of the molecule is C#CC(=O)NCC(F)(F)Br. The summed E-state index contributed by atoms with van der Waals surface area (Å²) in [7, 11) is 0. The van der Waals surface area contributed by atoms with E-state index in [9.17, 15) is 13.6 Å². The van der Waals surface area contributed by atoms with Gasteiger partial charge < -0.3 is 5.32 Å². The van der Waals surface area contributed by atoms with Gasteiger partial charge in [-0.1, -0.05) is 0 Å². The van der Waals surface area contributed by atoms with Crippen LogP contribution < -0.4 is 5.32 Å². The predicted octanol–water partition coefficient (Wildman–Crippen LogP) is 0.723. The summed E-state index contributed by atoms with van der Waals surface area (Å²) in [5, 5.41) is 1.80. The molecule has 2 nitrogen and oxygen atoms in total. The topological polar surface area (TPSA) is 29.1 Å². The van der Waals surface area contributed by atoms with E-state index < -0.39 is 17.3 Å². The average Bonchev–Trinajstić information content (AvgIpc) is 1.81. The fourth-order valence-corrected chi connectivity index (χ4v) is 0.372. The van der Waals surface area contributed by atoms with Gasteiger partial charge in [-0.25, -0.2) is 0 Å². The van der Waals surface area contributed by atoms with Crippen LogP contribution in [0.3, 0.4) is 0 Å². The van der Waals surface area contributed by atoms with Gasteiger partial charge in [-0.2, -0.15) is 8.78 Å². The van der Waals surface area contributed by atoms with Crippen molar-refractivity contribution in [1.29, 1.82) is 0 Å². The molecule has 0 unspecified atom stereocenters. The zero-order chi connectivity index (χ0) is 8.20. The van der Waals surface area contributed by atoms with Crippen LogP contribution in [0.1, 0.15) is 0 Å². The van der Waals surface area contributed by atoms with Crippen LogP contribution in [-0.4, -0.2) is 17.3 Å². The molecule has 0 aromatic heterocycles. The van der Waals surface area contributed by atoms with E-state index in [0.29, 0.717) is 0 Å². The number of rotatable bonds is 2. The molecule has 1 amide bonds. The molecule has 0 heterocycles.